The highest BCUT2D eigenvalue weighted by Gasteiger charge is 2.16. The highest BCUT2D eigenvalue weighted by molar-refractivity contribution is 5.31. The normalized spacial score (nSPS) is 18.5. The number of aliphatic hydroxyl groups is 1. The maximum absolute atomic E-state index is 10.1. The van der Waals surface area contributed by atoms with Gasteiger partial charge in [-0.25, -0.2) is 0 Å². The first-order valence-electron chi connectivity index (χ1n) is 8.09. The Kier molecular flexibility index (Phi) is 5.65. The molecule has 0 radical (unpaired) electrons. The summed E-state index contributed by atoms with van der Waals surface area (Å²) in [7, 11) is 0. The van der Waals surface area contributed by atoms with Crippen LogP contribution in [0.15, 0.2) is 24.3 Å². The molecule has 3 heteroatoms. The van der Waals surface area contributed by atoms with Crippen LogP contribution in [0.25, 0.3) is 0 Å². The number of piperidine rings is 1. The van der Waals surface area contributed by atoms with Crippen molar-refractivity contribution in [3.8, 4) is 5.75 Å². The van der Waals surface area contributed by atoms with E-state index in [2.05, 4.69) is 37.8 Å². The van der Waals surface area contributed by atoms with Gasteiger partial charge in [-0.15, -0.1) is 0 Å². The van der Waals surface area contributed by atoms with E-state index in [1.807, 2.05) is 12.1 Å². The van der Waals surface area contributed by atoms with Gasteiger partial charge in [0.15, 0.2) is 0 Å². The third-order valence-corrected chi connectivity index (χ3v) is 4.08. The Morgan fingerprint density at radius 2 is 1.71 bits per heavy atom. The average Bonchev–Trinajstić information content (AvgIpc) is 2.46. The van der Waals surface area contributed by atoms with Crippen LogP contribution in [0, 0.1) is 0 Å². The van der Waals surface area contributed by atoms with Crippen molar-refractivity contribution in [2.75, 3.05) is 26.2 Å². The van der Waals surface area contributed by atoms with Crippen LogP contribution in [0.5, 0.6) is 5.75 Å². The number of hydrogen-bond donors (Lipinski definition) is 1. The van der Waals surface area contributed by atoms with E-state index in [9.17, 15) is 5.11 Å². The molecule has 0 aliphatic carbocycles. The molecule has 1 aromatic carbocycles. The molecule has 0 amide bonds. The van der Waals surface area contributed by atoms with Gasteiger partial charge in [-0.3, -0.25) is 0 Å². The summed E-state index contributed by atoms with van der Waals surface area (Å²) in [6.45, 7) is 9.90. The molecule has 1 fully saturated rings. The van der Waals surface area contributed by atoms with E-state index in [4.69, 9.17) is 4.74 Å². The van der Waals surface area contributed by atoms with Crippen LogP contribution in [0.1, 0.15) is 45.6 Å². The van der Waals surface area contributed by atoms with E-state index >= 15 is 0 Å². The standard InChI is InChI=1S/C18H29NO2/c1-18(2,3)15-7-9-17(10-8-15)21-14-16(20)13-19-11-5-4-6-12-19/h7-10,16,20H,4-6,11-14H2,1-3H3. The summed E-state index contributed by atoms with van der Waals surface area (Å²) in [5, 5.41) is 10.1. The van der Waals surface area contributed by atoms with Crippen molar-refractivity contribution in [3.63, 3.8) is 0 Å². The molecule has 1 aromatic rings. The lowest BCUT2D eigenvalue weighted by molar-refractivity contribution is 0.0617. The molecule has 1 N–H and O–H groups in total. The predicted molar refractivity (Wildman–Crippen MR) is 86.9 cm³/mol. The molecule has 1 saturated heterocycles. The third-order valence-electron chi connectivity index (χ3n) is 4.08. The number of β-amino-alcohol motifs (C(OH)–C–C–N with tert-alkyl or cyclic N) is 1. The van der Waals surface area contributed by atoms with Crippen LogP contribution in [0.2, 0.25) is 0 Å². The van der Waals surface area contributed by atoms with Gasteiger partial charge in [0, 0.05) is 6.54 Å². The Bertz CT molecular complexity index is 416. The van der Waals surface area contributed by atoms with Gasteiger partial charge in [0.2, 0.25) is 0 Å². The zero-order valence-corrected chi connectivity index (χ0v) is 13.6. The molecule has 21 heavy (non-hydrogen) atoms. The summed E-state index contributed by atoms with van der Waals surface area (Å²) >= 11 is 0. The lowest BCUT2D eigenvalue weighted by Crippen LogP contribution is -2.38. The van der Waals surface area contributed by atoms with Gasteiger partial charge in [0.05, 0.1) is 0 Å². The summed E-state index contributed by atoms with van der Waals surface area (Å²) in [6.07, 6.45) is 3.41. The first-order valence-corrected chi connectivity index (χ1v) is 8.09. The average molecular weight is 291 g/mol. The van der Waals surface area contributed by atoms with Gasteiger partial charge in [-0.05, 0) is 49.0 Å². The SMILES string of the molecule is CC(C)(C)c1ccc(OCC(O)CN2CCCCC2)cc1. The second-order valence-corrected chi connectivity index (χ2v) is 7.10. The Labute approximate surface area is 128 Å². The van der Waals surface area contributed by atoms with Crippen molar-refractivity contribution in [1.82, 2.24) is 4.90 Å². The Morgan fingerprint density at radius 3 is 2.29 bits per heavy atom. The molecule has 0 spiro atoms. The van der Waals surface area contributed by atoms with Crippen LogP contribution in [-0.2, 0) is 5.41 Å². The second kappa shape index (κ2) is 7.28. The molecule has 2 rings (SSSR count). The van der Waals surface area contributed by atoms with Gasteiger partial charge in [0.25, 0.3) is 0 Å². The van der Waals surface area contributed by atoms with Gasteiger partial charge in [-0.2, -0.15) is 0 Å². The summed E-state index contributed by atoms with van der Waals surface area (Å²) in [4.78, 5) is 2.33. The molecule has 0 aromatic heterocycles. The molecule has 1 heterocycles. The van der Waals surface area contributed by atoms with Crippen LogP contribution >= 0.6 is 0 Å². The number of ether oxygens (including phenoxy) is 1. The number of hydrogen-bond acceptors (Lipinski definition) is 3. The van der Waals surface area contributed by atoms with Crippen LogP contribution in [0.4, 0.5) is 0 Å². The smallest absolute Gasteiger partial charge is 0.119 e. The zero-order chi connectivity index (χ0) is 15.3. The number of rotatable bonds is 5. The van der Waals surface area contributed by atoms with E-state index in [-0.39, 0.29) is 5.41 Å². The molecule has 0 bridgehead atoms. The predicted octanol–water partition coefficient (Wildman–Crippen LogP) is 3.21. The highest BCUT2D eigenvalue weighted by Crippen LogP contribution is 2.24. The lowest BCUT2D eigenvalue weighted by atomic mass is 9.87. The molecule has 0 saturated carbocycles. The van der Waals surface area contributed by atoms with E-state index in [1.54, 1.807) is 0 Å². The van der Waals surface area contributed by atoms with Crippen LogP contribution in [0.3, 0.4) is 0 Å². The van der Waals surface area contributed by atoms with E-state index < -0.39 is 6.10 Å². The molecule has 1 unspecified atom stereocenters. The molecule has 3 nitrogen and oxygen atoms in total. The number of aliphatic hydroxyl groups excluding tert-OH is 1. The first-order chi connectivity index (χ1) is 9.95. The van der Waals surface area contributed by atoms with Crippen LogP contribution < -0.4 is 4.74 Å². The summed E-state index contributed by atoms with van der Waals surface area (Å²) in [6, 6.07) is 8.20. The van der Waals surface area contributed by atoms with Crippen molar-refractivity contribution in [2.45, 2.75) is 51.6 Å². The third kappa shape index (κ3) is 5.33. The minimum Gasteiger partial charge on any atom is -0.491 e. The van der Waals surface area contributed by atoms with Gasteiger partial charge in [0.1, 0.15) is 18.5 Å². The number of likely N-dealkylation sites (tertiary alicyclic amines) is 1. The minimum absolute atomic E-state index is 0.159. The molecule has 1 aliphatic heterocycles. The maximum Gasteiger partial charge on any atom is 0.119 e. The van der Waals surface area contributed by atoms with Crippen molar-refractivity contribution < 1.29 is 9.84 Å². The number of nitrogens with zero attached hydrogens (tertiary/aromatic N) is 1. The highest BCUT2D eigenvalue weighted by atomic mass is 16.5. The van der Waals surface area contributed by atoms with Crippen molar-refractivity contribution in [2.24, 2.45) is 0 Å². The molecular formula is C18H29NO2. The van der Waals surface area contributed by atoms with E-state index in [1.165, 1.54) is 24.8 Å². The minimum atomic E-state index is -0.412. The topological polar surface area (TPSA) is 32.7 Å². The monoisotopic (exact) mass is 291 g/mol. The first kappa shape index (κ1) is 16.3. The van der Waals surface area contributed by atoms with Gasteiger partial charge >= 0.3 is 0 Å². The molecule has 1 atom stereocenters. The fourth-order valence-corrected chi connectivity index (χ4v) is 2.74. The Balaban J connectivity index is 1.76. The molecule has 118 valence electrons. The molecular weight excluding hydrogens is 262 g/mol. The summed E-state index contributed by atoms with van der Waals surface area (Å²) in [5.41, 5.74) is 1.45. The lowest BCUT2D eigenvalue weighted by Gasteiger charge is -2.28. The van der Waals surface area contributed by atoms with Gasteiger partial charge in [-0.1, -0.05) is 39.3 Å². The van der Waals surface area contributed by atoms with Gasteiger partial charge < -0.3 is 14.7 Å². The van der Waals surface area contributed by atoms with Crippen molar-refractivity contribution in [3.05, 3.63) is 29.8 Å². The maximum atomic E-state index is 10.1. The molecule has 1 aliphatic rings. The van der Waals surface area contributed by atoms with Crippen molar-refractivity contribution >= 4 is 0 Å². The summed E-state index contributed by atoms with van der Waals surface area (Å²) < 4.78 is 5.70. The van der Waals surface area contributed by atoms with E-state index in [0.29, 0.717) is 6.61 Å². The Hall–Kier alpha value is -1.06. The second-order valence-electron chi connectivity index (χ2n) is 7.10. The quantitative estimate of drug-likeness (QED) is 0.904. The fourth-order valence-electron chi connectivity index (χ4n) is 2.74. The van der Waals surface area contributed by atoms with Crippen molar-refractivity contribution in [1.29, 1.82) is 0 Å². The Morgan fingerprint density at radius 1 is 1.10 bits per heavy atom. The zero-order valence-electron chi connectivity index (χ0n) is 13.6. The fraction of sp³-hybridized carbons (Fsp3) is 0.667. The largest absolute Gasteiger partial charge is 0.491 e. The summed E-state index contributed by atoms with van der Waals surface area (Å²) in [5.74, 6) is 0.834. The van der Waals surface area contributed by atoms with E-state index in [0.717, 1.165) is 25.4 Å². The number of benzene rings is 1. The van der Waals surface area contributed by atoms with Crippen LogP contribution in [-0.4, -0.2) is 42.4 Å².